The summed E-state index contributed by atoms with van der Waals surface area (Å²) in [5.74, 6) is -0.256. The van der Waals surface area contributed by atoms with Crippen molar-refractivity contribution in [3.8, 4) is 0 Å². The van der Waals surface area contributed by atoms with E-state index in [9.17, 15) is 9.59 Å². The number of imidazole rings is 1. The van der Waals surface area contributed by atoms with Crippen molar-refractivity contribution in [2.45, 2.75) is 6.54 Å². The van der Waals surface area contributed by atoms with E-state index < -0.39 is 0 Å². The number of rotatable bonds is 4. The fourth-order valence-electron chi connectivity index (χ4n) is 4.16. The zero-order valence-electron chi connectivity index (χ0n) is 17.5. The number of aromatic nitrogens is 4. The van der Waals surface area contributed by atoms with Crippen LogP contribution in [0.5, 0.6) is 0 Å². The Balaban J connectivity index is 1.28. The normalized spacial score (nSPS) is 14.9. The van der Waals surface area contributed by atoms with Crippen LogP contribution in [0.25, 0.3) is 16.6 Å². The molecule has 0 unspecified atom stereocenters. The van der Waals surface area contributed by atoms with Crippen LogP contribution < -0.4 is 15.8 Å². The van der Waals surface area contributed by atoms with E-state index in [1.807, 2.05) is 22.6 Å². The highest BCUT2D eigenvalue weighted by Gasteiger charge is 2.21. The van der Waals surface area contributed by atoms with Crippen molar-refractivity contribution in [1.82, 2.24) is 29.6 Å². The molecule has 2 N–H and O–H groups in total. The van der Waals surface area contributed by atoms with Gasteiger partial charge < -0.3 is 15.2 Å². The van der Waals surface area contributed by atoms with Gasteiger partial charge in [0.25, 0.3) is 11.5 Å². The summed E-state index contributed by atoms with van der Waals surface area (Å²) in [6.45, 7) is 4.13. The highest BCUT2D eigenvalue weighted by atomic mass is 35.5. The molecule has 0 bridgehead atoms. The first-order valence-corrected chi connectivity index (χ1v) is 10.7. The minimum atomic E-state index is -0.256. The Morgan fingerprint density at radius 1 is 1.16 bits per heavy atom. The van der Waals surface area contributed by atoms with E-state index in [2.05, 4.69) is 36.1 Å². The molecule has 1 aliphatic heterocycles. The lowest BCUT2D eigenvalue weighted by molar-refractivity contribution is 0.0958. The van der Waals surface area contributed by atoms with Crippen LogP contribution in [-0.4, -0.2) is 63.4 Å². The van der Waals surface area contributed by atoms with E-state index in [1.54, 1.807) is 25.6 Å². The monoisotopic (exact) mass is 451 g/mol. The fraction of sp³-hybridized carbons (Fsp3) is 0.273. The molecule has 10 heteroatoms. The second kappa shape index (κ2) is 8.25. The number of anilines is 1. The van der Waals surface area contributed by atoms with Gasteiger partial charge in [-0.25, -0.2) is 9.97 Å². The smallest absolute Gasteiger partial charge is 0.274 e. The van der Waals surface area contributed by atoms with E-state index in [0.29, 0.717) is 16.4 Å². The van der Waals surface area contributed by atoms with E-state index >= 15 is 0 Å². The molecular formula is C22H22ClN7O2. The quantitative estimate of drug-likeness (QED) is 0.460. The lowest BCUT2D eigenvalue weighted by Crippen LogP contribution is -2.46. The van der Waals surface area contributed by atoms with Crippen molar-refractivity contribution in [2.24, 2.45) is 0 Å². The Morgan fingerprint density at radius 3 is 2.72 bits per heavy atom. The summed E-state index contributed by atoms with van der Waals surface area (Å²) in [6, 6.07) is 9.68. The molecule has 0 atom stereocenters. The van der Waals surface area contributed by atoms with Crippen molar-refractivity contribution in [3.63, 3.8) is 0 Å². The van der Waals surface area contributed by atoms with Gasteiger partial charge in [0.05, 0.1) is 29.2 Å². The number of halogens is 1. The van der Waals surface area contributed by atoms with Gasteiger partial charge in [-0.15, -0.1) is 0 Å². The molecule has 0 aliphatic carbocycles. The maximum Gasteiger partial charge on any atom is 0.274 e. The summed E-state index contributed by atoms with van der Waals surface area (Å²) in [5.41, 5.74) is 4.40. The van der Waals surface area contributed by atoms with Gasteiger partial charge in [0.1, 0.15) is 11.2 Å². The summed E-state index contributed by atoms with van der Waals surface area (Å²) in [7, 11) is 1.57. The third kappa shape index (κ3) is 3.69. The molecule has 0 saturated carbocycles. The lowest BCUT2D eigenvalue weighted by Gasteiger charge is -2.36. The van der Waals surface area contributed by atoms with E-state index in [4.69, 9.17) is 11.6 Å². The molecule has 1 saturated heterocycles. The van der Waals surface area contributed by atoms with Crippen LogP contribution in [0.1, 0.15) is 16.1 Å². The number of carbonyl (C=O) groups excluding carboxylic acids is 1. The molecule has 4 heterocycles. The number of amides is 1. The Kier molecular flexibility index (Phi) is 5.28. The molecule has 4 aromatic rings. The number of hydrogen-bond acceptors (Lipinski definition) is 6. The van der Waals surface area contributed by atoms with Crippen LogP contribution in [-0.2, 0) is 6.54 Å². The Morgan fingerprint density at radius 2 is 1.97 bits per heavy atom. The molecule has 1 amide bonds. The van der Waals surface area contributed by atoms with Gasteiger partial charge in [-0.3, -0.25) is 18.9 Å². The second-order valence-electron chi connectivity index (χ2n) is 7.80. The van der Waals surface area contributed by atoms with Crippen LogP contribution in [0.15, 0.2) is 47.7 Å². The first-order chi connectivity index (χ1) is 15.5. The SMILES string of the molecule is CNC(=O)c1ccc(N2CCN(Cc3ccc4c(c3)[nH]c(=O)c3cncn34)CC2)c(Cl)n1. The van der Waals surface area contributed by atoms with Gasteiger partial charge in [0.15, 0.2) is 5.15 Å². The van der Waals surface area contributed by atoms with Gasteiger partial charge in [-0.2, -0.15) is 0 Å². The zero-order chi connectivity index (χ0) is 22.2. The van der Waals surface area contributed by atoms with Gasteiger partial charge in [0, 0.05) is 39.8 Å². The third-order valence-electron chi connectivity index (χ3n) is 5.85. The van der Waals surface area contributed by atoms with Crippen molar-refractivity contribution in [2.75, 3.05) is 38.1 Å². The van der Waals surface area contributed by atoms with Crippen LogP contribution in [0.2, 0.25) is 5.15 Å². The Bertz CT molecular complexity index is 1370. The molecule has 1 aliphatic rings. The molecular weight excluding hydrogens is 430 g/mol. The van der Waals surface area contributed by atoms with Gasteiger partial charge >= 0.3 is 0 Å². The van der Waals surface area contributed by atoms with E-state index in [0.717, 1.165) is 55.0 Å². The zero-order valence-corrected chi connectivity index (χ0v) is 18.3. The molecule has 164 valence electrons. The molecule has 0 radical (unpaired) electrons. The number of hydrogen-bond donors (Lipinski definition) is 2. The van der Waals surface area contributed by atoms with E-state index in [-0.39, 0.29) is 11.5 Å². The maximum atomic E-state index is 12.3. The number of nitrogens with one attached hydrogen (secondary N) is 2. The number of nitrogens with zero attached hydrogens (tertiary/aromatic N) is 5. The predicted octanol–water partition coefficient (Wildman–Crippen LogP) is 1.91. The average Bonchev–Trinajstić information content (AvgIpc) is 3.30. The van der Waals surface area contributed by atoms with Crippen LogP contribution in [0.3, 0.4) is 0 Å². The third-order valence-corrected chi connectivity index (χ3v) is 6.13. The fourth-order valence-corrected chi connectivity index (χ4v) is 4.43. The highest BCUT2D eigenvalue weighted by molar-refractivity contribution is 6.32. The summed E-state index contributed by atoms with van der Waals surface area (Å²) in [5, 5.41) is 2.89. The number of pyridine rings is 1. The number of fused-ring (bicyclic) bond motifs is 3. The Hall–Kier alpha value is -3.43. The van der Waals surface area contributed by atoms with Gasteiger partial charge in [0.2, 0.25) is 0 Å². The maximum absolute atomic E-state index is 12.3. The highest BCUT2D eigenvalue weighted by Crippen LogP contribution is 2.26. The number of carbonyl (C=O) groups is 1. The van der Waals surface area contributed by atoms with Gasteiger partial charge in [-0.1, -0.05) is 17.7 Å². The van der Waals surface area contributed by atoms with Crippen molar-refractivity contribution < 1.29 is 4.79 Å². The number of aromatic amines is 1. The summed E-state index contributed by atoms with van der Waals surface area (Å²) < 4.78 is 1.81. The molecule has 1 fully saturated rings. The number of piperazine rings is 1. The second-order valence-corrected chi connectivity index (χ2v) is 8.16. The molecule has 0 spiro atoms. The standard InChI is InChI=1S/C22H22ClN7O2/c1-24-21(31)15-3-5-18(20(23)26-15)29-8-6-28(7-9-29)12-14-2-4-17-16(10-14)27-22(32)19-11-25-13-30(17)19/h2-5,10-11,13H,6-9,12H2,1H3,(H,24,31)(H,27,32). The summed E-state index contributed by atoms with van der Waals surface area (Å²) >= 11 is 6.35. The molecule has 3 aromatic heterocycles. The van der Waals surface area contributed by atoms with E-state index in [1.165, 1.54) is 0 Å². The first-order valence-electron chi connectivity index (χ1n) is 10.4. The molecule has 5 rings (SSSR count). The summed E-state index contributed by atoms with van der Waals surface area (Å²) in [4.78, 5) is 39.8. The van der Waals surface area contributed by atoms with Crippen molar-refractivity contribution in [1.29, 1.82) is 0 Å². The van der Waals surface area contributed by atoms with Gasteiger partial charge in [-0.05, 0) is 29.8 Å². The topological polar surface area (TPSA) is 98.6 Å². The Labute approximate surface area is 188 Å². The largest absolute Gasteiger partial charge is 0.366 e. The minimum absolute atomic E-state index is 0.145. The average molecular weight is 452 g/mol. The van der Waals surface area contributed by atoms with Crippen LogP contribution >= 0.6 is 11.6 Å². The van der Waals surface area contributed by atoms with Crippen LogP contribution in [0.4, 0.5) is 5.69 Å². The molecule has 9 nitrogen and oxygen atoms in total. The first kappa shape index (κ1) is 20.5. The lowest BCUT2D eigenvalue weighted by atomic mass is 10.1. The minimum Gasteiger partial charge on any atom is -0.366 e. The van der Waals surface area contributed by atoms with Crippen molar-refractivity contribution >= 4 is 39.7 Å². The van der Waals surface area contributed by atoms with Crippen LogP contribution in [0, 0.1) is 0 Å². The molecule has 1 aromatic carbocycles. The molecule has 32 heavy (non-hydrogen) atoms. The van der Waals surface area contributed by atoms with Crippen molar-refractivity contribution in [3.05, 3.63) is 69.6 Å². The predicted molar refractivity (Wildman–Crippen MR) is 123 cm³/mol. The summed E-state index contributed by atoms with van der Waals surface area (Å²) in [6.07, 6.45) is 3.23. The number of benzene rings is 1. The number of H-pyrrole nitrogens is 1.